The lowest BCUT2D eigenvalue weighted by Gasteiger charge is -2.24. The number of halogens is 1. The van der Waals surface area contributed by atoms with E-state index in [1.807, 2.05) is 29.5 Å². The number of hydrogen-bond donors (Lipinski definition) is 1. The van der Waals surface area contributed by atoms with E-state index in [2.05, 4.69) is 31.4 Å². The smallest absolute Gasteiger partial charge is 0.414 e. The van der Waals surface area contributed by atoms with Gasteiger partial charge in [0.1, 0.15) is 11.9 Å². The molecule has 88 valence electrons. The Labute approximate surface area is 106 Å². The maximum Gasteiger partial charge on any atom is 0.414 e. The molecular formula is C10H9BrN4O2. The molecule has 6 nitrogen and oxygen atoms in total. The van der Waals surface area contributed by atoms with Crippen LogP contribution in [0.2, 0.25) is 0 Å². The van der Waals surface area contributed by atoms with Crippen LogP contribution in [0, 0.1) is 0 Å². The van der Waals surface area contributed by atoms with Gasteiger partial charge in [-0.2, -0.15) is 0 Å². The van der Waals surface area contributed by atoms with E-state index in [-0.39, 0.29) is 12.2 Å². The van der Waals surface area contributed by atoms with Gasteiger partial charge >= 0.3 is 6.08 Å². The largest absolute Gasteiger partial charge is 0.452 e. The highest BCUT2D eigenvalue weighted by Crippen LogP contribution is 2.30. The summed E-state index contributed by atoms with van der Waals surface area (Å²) in [5, 5.41) is 10.9. The van der Waals surface area contributed by atoms with Crippen molar-refractivity contribution in [1.82, 2.24) is 20.4 Å². The summed E-state index contributed by atoms with van der Waals surface area (Å²) in [7, 11) is 1.49. The Morgan fingerprint density at radius 3 is 3.18 bits per heavy atom. The SMILES string of the molecule is COc1nnc(C2=CNC3C=CC(Br)=CN23)o1. The number of ether oxygens (including phenoxy) is 1. The van der Waals surface area contributed by atoms with Crippen LogP contribution in [0.15, 0.2) is 33.5 Å². The first-order valence-electron chi connectivity index (χ1n) is 4.96. The van der Waals surface area contributed by atoms with Gasteiger partial charge in [0.05, 0.1) is 7.11 Å². The number of allylic oxidation sites excluding steroid dienone is 2. The molecule has 3 rings (SSSR count). The molecule has 0 saturated carbocycles. The Balaban J connectivity index is 1.92. The van der Waals surface area contributed by atoms with Crippen LogP contribution in [0.4, 0.5) is 0 Å². The predicted octanol–water partition coefficient (Wildman–Crippen LogP) is 1.41. The first kappa shape index (κ1) is 10.4. The number of hydrogen-bond acceptors (Lipinski definition) is 6. The molecule has 1 aromatic rings. The molecule has 1 aromatic heterocycles. The van der Waals surface area contributed by atoms with Gasteiger partial charge in [-0.25, -0.2) is 0 Å². The molecule has 2 aliphatic heterocycles. The van der Waals surface area contributed by atoms with E-state index in [9.17, 15) is 0 Å². The van der Waals surface area contributed by atoms with Crippen LogP contribution in [0.5, 0.6) is 6.08 Å². The highest BCUT2D eigenvalue weighted by Gasteiger charge is 2.29. The van der Waals surface area contributed by atoms with E-state index in [0.717, 1.165) is 10.2 Å². The zero-order valence-corrected chi connectivity index (χ0v) is 10.5. The van der Waals surface area contributed by atoms with E-state index >= 15 is 0 Å². The second kappa shape index (κ2) is 3.92. The van der Waals surface area contributed by atoms with Gasteiger partial charge < -0.3 is 19.4 Å². The average Bonchev–Trinajstić information content (AvgIpc) is 2.93. The van der Waals surface area contributed by atoms with Crippen LogP contribution < -0.4 is 10.1 Å². The summed E-state index contributed by atoms with van der Waals surface area (Å²) < 4.78 is 11.2. The Kier molecular flexibility index (Phi) is 2.40. The van der Waals surface area contributed by atoms with Crippen molar-refractivity contribution in [1.29, 1.82) is 0 Å². The first-order chi connectivity index (χ1) is 8.28. The fraction of sp³-hybridized carbons (Fsp3) is 0.200. The lowest BCUT2D eigenvalue weighted by atomic mass is 10.3. The van der Waals surface area contributed by atoms with Crippen LogP contribution in [0.3, 0.4) is 0 Å². The number of nitrogens with one attached hydrogen (secondary N) is 1. The summed E-state index contributed by atoms with van der Waals surface area (Å²) in [5.41, 5.74) is 0.812. The topological polar surface area (TPSA) is 63.4 Å². The minimum Gasteiger partial charge on any atom is -0.452 e. The van der Waals surface area contributed by atoms with Gasteiger partial charge in [0.25, 0.3) is 5.89 Å². The molecule has 0 spiro atoms. The fourth-order valence-corrected chi connectivity index (χ4v) is 2.07. The third kappa shape index (κ3) is 1.72. The van der Waals surface area contributed by atoms with E-state index < -0.39 is 0 Å². The van der Waals surface area contributed by atoms with E-state index in [0.29, 0.717) is 5.89 Å². The second-order valence-electron chi connectivity index (χ2n) is 3.50. The third-order valence-electron chi connectivity index (χ3n) is 2.47. The fourth-order valence-electron chi connectivity index (χ4n) is 1.69. The average molecular weight is 297 g/mol. The molecule has 0 radical (unpaired) electrons. The van der Waals surface area contributed by atoms with Crippen molar-refractivity contribution in [2.24, 2.45) is 0 Å². The quantitative estimate of drug-likeness (QED) is 0.890. The Morgan fingerprint density at radius 1 is 1.53 bits per heavy atom. The molecular weight excluding hydrogens is 288 g/mol. The highest BCUT2D eigenvalue weighted by atomic mass is 79.9. The molecule has 0 fully saturated rings. The number of methoxy groups -OCH3 is 1. The normalized spacial score (nSPS) is 21.8. The van der Waals surface area contributed by atoms with Crippen molar-refractivity contribution in [3.8, 4) is 6.08 Å². The number of nitrogens with zero attached hydrogens (tertiary/aromatic N) is 3. The predicted molar refractivity (Wildman–Crippen MR) is 63.7 cm³/mol. The van der Waals surface area contributed by atoms with Crippen LogP contribution in [-0.4, -0.2) is 28.4 Å². The Morgan fingerprint density at radius 2 is 2.41 bits per heavy atom. The zero-order valence-electron chi connectivity index (χ0n) is 8.92. The first-order valence-corrected chi connectivity index (χ1v) is 5.75. The second-order valence-corrected chi connectivity index (χ2v) is 4.41. The molecule has 1 unspecified atom stereocenters. The van der Waals surface area contributed by atoms with Crippen LogP contribution >= 0.6 is 15.9 Å². The van der Waals surface area contributed by atoms with Gasteiger partial charge in [-0.05, 0) is 28.1 Å². The summed E-state index contributed by atoms with van der Waals surface area (Å²) in [6.07, 6.45) is 8.04. The number of fused-ring (bicyclic) bond motifs is 1. The third-order valence-corrected chi connectivity index (χ3v) is 2.94. The standard InChI is InChI=1S/C10H9BrN4O2/c1-16-10-14-13-9(17-10)7-4-12-8-3-2-6(11)5-15(7)8/h2-5,8,12H,1H3. The summed E-state index contributed by atoms with van der Waals surface area (Å²) in [6, 6.07) is 0. The maximum absolute atomic E-state index is 5.34. The molecule has 7 heteroatoms. The molecule has 17 heavy (non-hydrogen) atoms. The molecule has 0 saturated heterocycles. The van der Waals surface area contributed by atoms with Crippen LogP contribution in [-0.2, 0) is 0 Å². The number of rotatable bonds is 2. The van der Waals surface area contributed by atoms with E-state index in [4.69, 9.17) is 9.15 Å². The van der Waals surface area contributed by atoms with Crippen LogP contribution in [0.25, 0.3) is 5.70 Å². The van der Waals surface area contributed by atoms with Gasteiger partial charge in [0.15, 0.2) is 0 Å². The Hall–Kier alpha value is -1.76. The molecule has 1 atom stereocenters. The lowest BCUT2D eigenvalue weighted by Crippen LogP contribution is -2.32. The lowest BCUT2D eigenvalue weighted by molar-refractivity contribution is 0.284. The van der Waals surface area contributed by atoms with Gasteiger partial charge in [0, 0.05) is 16.9 Å². The van der Waals surface area contributed by atoms with Gasteiger partial charge in [-0.1, -0.05) is 5.10 Å². The molecule has 1 N–H and O–H groups in total. The monoisotopic (exact) mass is 296 g/mol. The van der Waals surface area contributed by atoms with Crippen molar-refractivity contribution in [3.63, 3.8) is 0 Å². The highest BCUT2D eigenvalue weighted by molar-refractivity contribution is 9.11. The van der Waals surface area contributed by atoms with Crippen molar-refractivity contribution in [3.05, 3.63) is 34.9 Å². The van der Waals surface area contributed by atoms with Crippen LogP contribution in [0.1, 0.15) is 5.89 Å². The summed E-state index contributed by atoms with van der Waals surface area (Å²) in [6.45, 7) is 0. The van der Waals surface area contributed by atoms with Gasteiger partial charge in [-0.15, -0.1) is 5.10 Å². The summed E-state index contributed by atoms with van der Waals surface area (Å²) >= 11 is 3.43. The van der Waals surface area contributed by atoms with Crippen molar-refractivity contribution in [2.75, 3.05) is 7.11 Å². The molecule has 3 heterocycles. The van der Waals surface area contributed by atoms with E-state index in [1.54, 1.807) is 0 Å². The Bertz CT molecular complexity index is 534. The number of aromatic nitrogens is 2. The van der Waals surface area contributed by atoms with Crippen molar-refractivity contribution >= 4 is 21.6 Å². The van der Waals surface area contributed by atoms with Crippen molar-refractivity contribution < 1.29 is 9.15 Å². The minimum absolute atomic E-state index is 0.0872. The zero-order chi connectivity index (χ0) is 11.8. The van der Waals surface area contributed by atoms with Crippen molar-refractivity contribution in [2.45, 2.75) is 6.17 Å². The maximum atomic E-state index is 5.34. The molecule has 0 bridgehead atoms. The molecule has 0 aromatic carbocycles. The van der Waals surface area contributed by atoms with Gasteiger partial charge in [-0.3, -0.25) is 0 Å². The minimum atomic E-state index is 0.0872. The summed E-state index contributed by atoms with van der Waals surface area (Å²) in [4.78, 5) is 2.00. The molecule has 0 amide bonds. The molecule has 2 aliphatic rings. The molecule has 0 aliphatic carbocycles. The van der Waals surface area contributed by atoms with Gasteiger partial charge in [0.2, 0.25) is 0 Å². The summed E-state index contributed by atoms with van der Waals surface area (Å²) in [5.74, 6) is 0.420. The van der Waals surface area contributed by atoms with E-state index in [1.165, 1.54) is 7.11 Å².